The molecule has 136 valence electrons. The predicted molar refractivity (Wildman–Crippen MR) is 101 cm³/mol. The monoisotopic (exact) mass is 385 g/mol. The highest BCUT2D eigenvalue weighted by atomic mass is 35.5. The summed E-state index contributed by atoms with van der Waals surface area (Å²) in [5.41, 5.74) is 5.97. The molecule has 2 rings (SSSR count). The number of amides is 2. The number of halogens is 2. The number of nitrogens with one attached hydrogen (secondary N) is 2. The average molecular weight is 386 g/mol. The second kappa shape index (κ2) is 8.89. The SMILES string of the molecule is CCCC(C)(N)C(=O)Nc1ccc(NC(=O)c2ccco2)c(Cl)c1.Cl. The van der Waals surface area contributed by atoms with Crippen molar-refractivity contribution >= 4 is 47.2 Å². The molecule has 1 atom stereocenters. The molecule has 6 nitrogen and oxygen atoms in total. The van der Waals surface area contributed by atoms with E-state index in [1.165, 1.54) is 6.26 Å². The molecule has 25 heavy (non-hydrogen) atoms. The van der Waals surface area contributed by atoms with Gasteiger partial charge in [0, 0.05) is 5.69 Å². The van der Waals surface area contributed by atoms with Gasteiger partial charge in [-0.15, -0.1) is 12.4 Å². The van der Waals surface area contributed by atoms with Crippen LogP contribution in [-0.2, 0) is 4.79 Å². The molecule has 2 amide bonds. The van der Waals surface area contributed by atoms with Crippen LogP contribution in [0.2, 0.25) is 5.02 Å². The lowest BCUT2D eigenvalue weighted by molar-refractivity contribution is -0.120. The number of benzene rings is 1. The zero-order valence-corrected chi connectivity index (χ0v) is 15.5. The molecule has 0 spiro atoms. The summed E-state index contributed by atoms with van der Waals surface area (Å²) in [7, 11) is 0. The lowest BCUT2D eigenvalue weighted by Crippen LogP contribution is -2.48. The number of furan rings is 1. The van der Waals surface area contributed by atoms with E-state index in [0.717, 1.165) is 6.42 Å². The van der Waals surface area contributed by atoms with Crippen molar-refractivity contribution < 1.29 is 14.0 Å². The van der Waals surface area contributed by atoms with Gasteiger partial charge >= 0.3 is 0 Å². The lowest BCUT2D eigenvalue weighted by Gasteiger charge is -2.23. The molecular weight excluding hydrogens is 365 g/mol. The maximum Gasteiger partial charge on any atom is 0.291 e. The second-order valence-corrected chi connectivity index (χ2v) is 6.15. The molecule has 1 heterocycles. The minimum atomic E-state index is -0.951. The van der Waals surface area contributed by atoms with Crippen LogP contribution in [0.25, 0.3) is 0 Å². The Morgan fingerprint density at radius 1 is 1.28 bits per heavy atom. The second-order valence-electron chi connectivity index (χ2n) is 5.75. The van der Waals surface area contributed by atoms with Gasteiger partial charge in [-0.25, -0.2) is 0 Å². The quantitative estimate of drug-likeness (QED) is 0.697. The van der Waals surface area contributed by atoms with Gasteiger partial charge in [0.2, 0.25) is 5.91 Å². The largest absolute Gasteiger partial charge is 0.459 e. The van der Waals surface area contributed by atoms with Crippen LogP contribution in [0.3, 0.4) is 0 Å². The van der Waals surface area contributed by atoms with E-state index in [9.17, 15) is 9.59 Å². The topological polar surface area (TPSA) is 97.4 Å². The summed E-state index contributed by atoms with van der Waals surface area (Å²) in [4.78, 5) is 24.1. The van der Waals surface area contributed by atoms with Gasteiger partial charge in [-0.1, -0.05) is 24.9 Å². The third kappa shape index (κ3) is 5.49. The Hall–Kier alpha value is -2.02. The average Bonchev–Trinajstić information content (AvgIpc) is 3.04. The van der Waals surface area contributed by atoms with E-state index in [-0.39, 0.29) is 24.1 Å². The minimum absolute atomic E-state index is 0. The number of hydrogen-bond acceptors (Lipinski definition) is 4. The van der Waals surface area contributed by atoms with Crippen LogP contribution < -0.4 is 16.4 Å². The van der Waals surface area contributed by atoms with Gasteiger partial charge in [-0.2, -0.15) is 0 Å². The van der Waals surface area contributed by atoms with E-state index in [4.69, 9.17) is 21.8 Å². The molecule has 0 radical (unpaired) electrons. The molecule has 0 saturated heterocycles. The maximum absolute atomic E-state index is 12.2. The zero-order chi connectivity index (χ0) is 17.7. The Kier molecular flexibility index (Phi) is 7.48. The normalized spacial score (nSPS) is 12.6. The Balaban J connectivity index is 0.00000312. The molecule has 0 bridgehead atoms. The Labute approximate surface area is 157 Å². The van der Waals surface area contributed by atoms with Crippen molar-refractivity contribution in [3.8, 4) is 0 Å². The molecule has 0 aliphatic heterocycles. The van der Waals surface area contributed by atoms with Crippen molar-refractivity contribution in [3.63, 3.8) is 0 Å². The van der Waals surface area contributed by atoms with E-state index >= 15 is 0 Å². The van der Waals surface area contributed by atoms with Gasteiger partial charge < -0.3 is 20.8 Å². The summed E-state index contributed by atoms with van der Waals surface area (Å²) >= 11 is 6.17. The first kappa shape index (κ1) is 21.0. The van der Waals surface area contributed by atoms with Crippen molar-refractivity contribution in [1.29, 1.82) is 0 Å². The summed E-state index contributed by atoms with van der Waals surface area (Å²) in [6.07, 6.45) is 2.79. The van der Waals surface area contributed by atoms with Crippen molar-refractivity contribution in [1.82, 2.24) is 0 Å². The Morgan fingerprint density at radius 2 is 2.00 bits per heavy atom. The van der Waals surface area contributed by atoms with Crippen LogP contribution in [-0.4, -0.2) is 17.4 Å². The first-order valence-corrected chi connectivity index (χ1v) is 7.96. The molecule has 0 saturated carbocycles. The molecule has 1 aromatic heterocycles. The molecule has 0 fully saturated rings. The fourth-order valence-electron chi connectivity index (χ4n) is 2.19. The summed E-state index contributed by atoms with van der Waals surface area (Å²) in [6, 6.07) is 7.97. The standard InChI is InChI=1S/C17H20ClN3O3.ClH/c1-3-8-17(2,19)16(23)20-11-6-7-13(12(18)10-11)21-15(22)14-5-4-9-24-14;/h4-7,9-10H,3,8,19H2,1-2H3,(H,20,23)(H,21,22);1H. The molecule has 0 aliphatic rings. The van der Waals surface area contributed by atoms with Gasteiger partial charge in [0.15, 0.2) is 5.76 Å². The minimum Gasteiger partial charge on any atom is -0.459 e. The Morgan fingerprint density at radius 3 is 2.56 bits per heavy atom. The molecule has 8 heteroatoms. The van der Waals surface area contributed by atoms with Crippen LogP contribution in [0.15, 0.2) is 41.0 Å². The van der Waals surface area contributed by atoms with Crippen molar-refractivity contribution in [2.45, 2.75) is 32.2 Å². The van der Waals surface area contributed by atoms with Crippen molar-refractivity contribution in [2.75, 3.05) is 10.6 Å². The first-order chi connectivity index (χ1) is 11.3. The van der Waals surface area contributed by atoms with E-state index in [1.54, 1.807) is 37.3 Å². The Bertz CT molecular complexity index is 731. The third-order valence-corrected chi connectivity index (χ3v) is 3.82. The van der Waals surface area contributed by atoms with Crippen molar-refractivity contribution in [3.05, 3.63) is 47.4 Å². The number of hydrogen-bond donors (Lipinski definition) is 3. The molecule has 2 aromatic rings. The predicted octanol–water partition coefficient (Wildman–Crippen LogP) is 4.06. The number of carbonyl (C=O) groups is 2. The zero-order valence-electron chi connectivity index (χ0n) is 14.0. The summed E-state index contributed by atoms with van der Waals surface area (Å²) in [6.45, 7) is 3.65. The number of nitrogens with two attached hydrogens (primary N) is 1. The first-order valence-electron chi connectivity index (χ1n) is 7.58. The van der Waals surface area contributed by atoms with Crippen molar-refractivity contribution in [2.24, 2.45) is 5.73 Å². The van der Waals surface area contributed by atoms with Crippen LogP contribution in [0, 0.1) is 0 Å². The lowest BCUT2D eigenvalue weighted by atomic mass is 9.96. The highest BCUT2D eigenvalue weighted by molar-refractivity contribution is 6.34. The molecule has 4 N–H and O–H groups in total. The van der Waals surface area contributed by atoms with Gasteiger partial charge in [0.1, 0.15) is 0 Å². The van der Waals surface area contributed by atoms with Crippen LogP contribution in [0.5, 0.6) is 0 Å². The molecule has 1 unspecified atom stereocenters. The fraction of sp³-hybridized carbons (Fsp3) is 0.294. The van der Waals surface area contributed by atoms with Crippen LogP contribution >= 0.6 is 24.0 Å². The summed E-state index contributed by atoms with van der Waals surface area (Å²) < 4.78 is 5.02. The smallest absolute Gasteiger partial charge is 0.291 e. The van der Waals surface area contributed by atoms with Gasteiger partial charge in [0.05, 0.1) is 22.5 Å². The maximum atomic E-state index is 12.2. The highest BCUT2D eigenvalue weighted by Gasteiger charge is 2.27. The van der Waals surface area contributed by atoms with Crippen LogP contribution in [0.1, 0.15) is 37.2 Å². The van der Waals surface area contributed by atoms with E-state index in [1.807, 2.05) is 6.92 Å². The van der Waals surface area contributed by atoms with Gasteiger partial charge in [0.25, 0.3) is 5.91 Å². The molecular formula is C17H21Cl2N3O3. The number of anilines is 2. The van der Waals surface area contributed by atoms with Gasteiger partial charge in [-0.05, 0) is 43.7 Å². The fourth-order valence-corrected chi connectivity index (χ4v) is 2.42. The number of carbonyl (C=O) groups excluding carboxylic acids is 2. The molecule has 0 aliphatic carbocycles. The van der Waals surface area contributed by atoms with E-state index in [2.05, 4.69) is 10.6 Å². The summed E-state index contributed by atoms with van der Waals surface area (Å²) in [5, 5.41) is 5.67. The van der Waals surface area contributed by atoms with E-state index in [0.29, 0.717) is 22.8 Å². The number of rotatable bonds is 6. The molecule has 1 aromatic carbocycles. The van der Waals surface area contributed by atoms with E-state index < -0.39 is 11.4 Å². The summed E-state index contributed by atoms with van der Waals surface area (Å²) in [5.74, 6) is -0.508. The third-order valence-electron chi connectivity index (χ3n) is 3.51. The van der Waals surface area contributed by atoms with Gasteiger partial charge in [-0.3, -0.25) is 9.59 Å². The van der Waals surface area contributed by atoms with Crippen LogP contribution in [0.4, 0.5) is 11.4 Å². The highest BCUT2D eigenvalue weighted by Crippen LogP contribution is 2.26.